The lowest BCUT2D eigenvalue weighted by Crippen LogP contribution is -2.33. The Labute approximate surface area is 140 Å². The lowest BCUT2D eigenvalue weighted by molar-refractivity contribution is -0.255. The minimum Gasteiger partial charge on any atom is -0.545 e. The van der Waals surface area contributed by atoms with Gasteiger partial charge in [0.1, 0.15) is 0 Å². The van der Waals surface area contributed by atoms with Gasteiger partial charge in [0.15, 0.2) is 5.11 Å². The number of alkyl halides is 3. The lowest BCUT2D eigenvalue weighted by atomic mass is 10.2. The minimum absolute atomic E-state index is 0.0187. The van der Waals surface area contributed by atoms with Crippen LogP contribution in [0.2, 0.25) is 0 Å². The zero-order valence-electron chi connectivity index (χ0n) is 12.0. The zero-order chi connectivity index (χ0) is 17.7. The van der Waals surface area contributed by atoms with Gasteiger partial charge in [-0.2, -0.15) is 13.2 Å². The maximum Gasteiger partial charge on any atom is 0.416 e. The topological polar surface area (TPSA) is 76.2 Å². The van der Waals surface area contributed by atoms with Gasteiger partial charge in [-0.3, -0.25) is 10.9 Å². The second-order valence-corrected chi connectivity index (χ2v) is 5.06. The second kappa shape index (κ2) is 7.18. The van der Waals surface area contributed by atoms with Crippen LogP contribution in [0.4, 0.5) is 24.5 Å². The molecule has 0 bridgehead atoms. The van der Waals surface area contributed by atoms with Gasteiger partial charge in [0.25, 0.3) is 0 Å². The standard InChI is InChI=1S/C15H12F3N3O2S/c16-15(17,18)10-2-1-3-12(8-10)19-14(24)21-20-11-6-4-9(5-7-11)13(22)23/h1-8,20H,(H,22,23)(H2,19,21,24)/p-1. The number of thiocarbonyl (C=S) groups is 1. The maximum absolute atomic E-state index is 12.6. The second-order valence-electron chi connectivity index (χ2n) is 4.65. The van der Waals surface area contributed by atoms with Gasteiger partial charge >= 0.3 is 6.18 Å². The summed E-state index contributed by atoms with van der Waals surface area (Å²) in [5, 5.41) is 13.3. The Bertz CT molecular complexity index is 748. The van der Waals surface area contributed by atoms with Crippen LogP contribution in [0.15, 0.2) is 48.5 Å². The van der Waals surface area contributed by atoms with Gasteiger partial charge in [-0.25, -0.2) is 0 Å². The number of benzene rings is 2. The molecular formula is C15H11F3N3O2S-. The van der Waals surface area contributed by atoms with Gasteiger partial charge in [0.2, 0.25) is 0 Å². The fraction of sp³-hybridized carbons (Fsp3) is 0.0667. The first kappa shape index (κ1) is 17.5. The SMILES string of the molecule is O=C([O-])c1ccc(NNC(=S)Nc2cccc(C(F)(F)F)c2)cc1. The average molecular weight is 354 g/mol. The molecule has 2 rings (SSSR count). The molecule has 0 aliphatic heterocycles. The van der Waals surface area contributed by atoms with Gasteiger partial charge in [-0.1, -0.05) is 18.2 Å². The Balaban J connectivity index is 1.93. The molecule has 0 aliphatic rings. The number of nitrogens with one attached hydrogen (secondary N) is 3. The number of hydrogen-bond acceptors (Lipinski definition) is 4. The van der Waals surface area contributed by atoms with E-state index in [4.69, 9.17) is 12.2 Å². The summed E-state index contributed by atoms with van der Waals surface area (Å²) in [7, 11) is 0. The first-order chi connectivity index (χ1) is 11.3. The molecule has 3 N–H and O–H groups in total. The van der Waals surface area contributed by atoms with Crippen LogP contribution in [-0.2, 0) is 6.18 Å². The van der Waals surface area contributed by atoms with Gasteiger partial charge in [0.05, 0.1) is 17.2 Å². The molecule has 0 aromatic heterocycles. The summed E-state index contributed by atoms with van der Waals surface area (Å²) in [6, 6.07) is 10.2. The average Bonchev–Trinajstić information content (AvgIpc) is 2.53. The van der Waals surface area contributed by atoms with Crippen LogP contribution < -0.4 is 21.3 Å². The highest BCUT2D eigenvalue weighted by molar-refractivity contribution is 7.80. The normalized spacial score (nSPS) is 10.8. The summed E-state index contributed by atoms with van der Waals surface area (Å²) >= 11 is 4.97. The van der Waals surface area contributed by atoms with Gasteiger partial charge in [0, 0.05) is 5.69 Å². The summed E-state index contributed by atoms with van der Waals surface area (Å²) < 4.78 is 37.9. The number of hydrogen-bond donors (Lipinski definition) is 3. The molecule has 0 unspecified atom stereocenters. The molecule has 0 amide bonds. The number of rotatable bonds is 4. The van der Waals surface area contributed by atoms with Crippen molar-refractivity contribution in [2.75, 3.05) is 10.7 Å². The van der Waals surface area contributed by atoms with E-state index < -0.39 is 17.7 Å². The molecule has 9 heteroatoms. The van der Waals surface area contributed by atoms with Crippen molar-refractivity contribution in [2.45, 2.75) is 6.18 Å². The summed E-state index contributed by atoms with van der Waals surface area (Å²) in [4.78, 5) is 10.6. The summed E-state index contributed by atoms with van der Waals surface area (Å²) in [5.74, 6) is -1.30. The first-order valence-electron chi connectivity index (χ1n) is 6.57. The number of halogens is 3. The summed E-state index contributed by atoms with van der Waals surface area (Å²) in [6.45, 7) is 0. The smallest absolute Gasteiger partial charge is 0.416 e. The van der Waals surface area contributed by atoms with Crippen molar-refractivity contribution < 1.29 is 23.1 Å². The van der Waals surface area contributed by atoms with E-state index in [1.165, 1.54) is 36.4 Å². The number of carboxylic acids is 1. The van der Waals surface area contributed by atoms with E-state index in [0.29, 0.717) is 5.69 Å². The van der Waals surface area contributed by atoms with Crippen LogP contribution in [-0.4, -0.2) is 11.1 Å². The molecule has 0 aliphatic carbocycles. The predicted octanol–water partition coefficient (Wildman–Crippen LogP) is 2.38. The molecule has 0 fully saturated rings. The molecule has 0 saturated heterocycles. The summed E-state index contributed by atoms with van der Waals surface area (Å²) in [5.41, 5.74) is 5.18. The molecule has 126 valence electrons. The monoisotopic (exact) mass is 354 g/mol. The number of aromatic carboxylic acids is 1. The van der Waals surface area contributed by atoms with E-state index in [-0.39, 0.29) is 16.4 Å². The van der Waals surface area contributed by atoms with Crippen molar-refractivity contribution in [1.29, 1.82) is 0 Å². The molecular weight excluding hydrogens is 343 g/mol. The molecule has 0 spiro atoms. The van der Waals surface area contributed by atoms with Crippen molar-refractivity contribution >= 4 is 34.7 Å². The minimum atomic E-state index is -4.44. The molecule has 2 aromatic rings. The maximum atomic E-state index is 12.6. The number of carbonyl (C=O) groups excluding carboxylic acids is 1. The highest BCUT2D eigenvalue weighted by Gasteiger charge is 2.30. The van der Waals surface area contributed by atoms with Crippen LogP contribution in [0.1, 0.15) is 15.9 Å². The molecule has 5 nitrogen and oxygen atoms in total. The van der Waals surface area contributed by atoms with Crippen molar-refractivity contribution in [3.8, 4) is 0 Å². The molecule has 2 aromatic carbocycles. The van der Waals surface area contributed by atoms with E-state index >= 15 is 0 Å². The van der Waals surface area contributed by atoms with E-state index in [9.17, 15) is 23.1 Å². The van der Waals surface area contributed by atoms with Crippen molar-refractivity contribution in [2.24, 2.45) is 0 Å². The van der Waals surface area contributed by atoms with Crippen molar-refractivity contribution in [3.63, 3.8) is 0 Å². The third kappa shape index (κ3) is 4.85. The number of carboxylic acid groups (broad SMARTS) is 1. The van der Waals surface area contributed by atoms with Crippen molar-refractivity contribution in [1.82, 2.24) is 5.43 Å². The van der Waals surface area contributed by atoms with E-state index in [2.05, 4.69) is 16.2 Å². The molecule has 0 heterocycles. The van der Waals surface area contributed by atoms with Gasteiger partial charge in [-0.15, -0.1) is 0 Å². The van der Waals surface area contributed by atoms with Crippen LogP contribution in [0.25, 0.3) is 0 Å². The van der Waals surface area contributed by atoms with E-state index in [1.807, 2.05) is 0 Å². The highest BCUT2D eigenvalue weighted by Crippen LogP contribution is 2.30. The predicted molar refractivity (Wildman–Crippen MR) is 85.2 cm³/mol. The van der Waals surface area contributed by atoms with E-state index in [1.54, 1.807) is 0 Å². The number of anilines is 2. The van der Waals surface area contributed by atoms with Crippen molar-refractivity contribution in [3.05, 3.63) is 59.7 Å². The fourth-order valence-corrected chi connectivity index (χ4v) is 1.92. The fourth-order valence-electron chi connectivity index (χ4n) is 1.75. The Morgan fingerprint density at radius 3 is 2.29 bits per heavy atom. The zero-order valence-corrected chi connectivity index (χ0v) is 12.8. The van der Waals surface area contributed by atoms with Crippen LogP contribution in [0.5, 0.6) is 0 Å². The third-order valence-corrected chi connectivity index (χ3v) is 3.09. The molecule has 0 radical (unpaired) electrons. The Morgan fingerprint density at radius 2 is 1.71 bits per heavy atom. The largest absolute Gasteiger partial charge is 0.545 e. The summed E-state index contributed by atoms with van der Waals surface area (Å²) in [6.07, 6.45) is -4.44. The van der Waals surface area contributed by atoms with Crippen LogP contribution in [0, 0.1) is 0 Å². The molecule has 0 atom stereocenters. The molecule has 24 heavy (non-hydrogen) atoms. The lowest BCUT2D eigenvalue weighted by Gasteiger charge is -2.14. The van der Waals surface area contributed by atoms with Crippen LogP contribution >= 0.6 is 12.2 Å². The number of hydrazine groups is 1. The van der Waals surface area contributed by atoms with Gasteiger partial charge in [-0.05, 0) is 48.1 Å². The van der Waals surface area contributed by atoms with E-state index in [0.717, 1.165) is 12.1 Å². The first-order valence-corrected chi connectivity index (χ1v) is 6.98. The third-order valence-electron chi connectivity index (χ3n) is 2.89. The quantitative estimate of drug-likeness (QED) is 0.578. The molecule has 0 saturated carbocycles. The Hall–Kier alpha value is -2.81. The Morgan fingerprint density at radius 1 is 1.04 bits per heavy atom. The highest BCUT2D eigenvalue weighted by atomic mass is 32.1. The van der Waals surface area contributed by atoms with Gasteiger partial charge < -0.3 is 15.2 Å². The van der Waals surface area contributed by atoms with Crippen LogP contribution in [0.3, 0.4) is 0 Å². The Kier molecular flexibility index (Phi) is 5.24. The number of carbonyl (C=O) groups is 1.